The highest BCUT2D eigenvalue weighted by Crippen LogP contribution is 2.17. The van der Waals surface area contributed by atoms with Crippen LogP contribution in [0.2, 0.25) is 0 Å². The number of pyridine rings is 1. The summed E-state index contributed by atoms with van der Waals surface area (Å²) in [7, 11) is 1.52. The molecule has 0 radical (unpaired) electrons. The highest BCUT2D eigenvalue weighted by atomic mass is 79.9. The van der Waals surface area contributed by atoms with Gasteiger partial charge in [0, 0.05) is 10.5 Å². The zero-order chi connectivity index (χ0) is 14.5. The standard InChI is InChI=1S/C15H14BrNO3/c1-20-14-9-7-12(15(18)19)13(17-14)8-4-10-2-5-11(16)6-3-10/h2-3,5-7,9H,4,8H2,1H3,(H,18,19). The van der Waals surface area contributed by atoms with Crippen LogP contribution in [0, 0.1) is 0 Å². The number of carboxylic acid groups (broad SMARTS) is 1. The molecule has 1 N–H and O–H groups in total. The van der Waals surface area contributed by atoms with Crippen molar-refractivity contribution in [3.8, 4) is 5.88 Å². The zero-order valence-corrected chi connectivity index (χ0v) is 12.6. The molecule has 104 valence electrons. The first kappa shape index (κ1) is 14.5. The lowest BCUT2D eigenvalue weighted by molar-refractivity contribution is 0.0695. The summed E-state index contributed by atoms with van der Waals surface area (Å²) in [5.41, 5.74) is 1.90. The van der Waals surface area contributed by atoms with Crippen molar-refractivity contribution in [3.63, 3.8) is 0 Å². The Hall–Kier alpha value is -1.88. The van der Waals surface area contributed by atoms with Crippen LogP contribution in [0.5, 0.6) is 5.88 Å². The van der Waals surface area contributed by atoms with Gasteiger partial charge in [-0.15, -0.1) is 0 Å². The van der Waals surface area contributed by atoms with Gasteiger partial charge in [-0.1, -0.05) is 28.1 Å². The van der Waals surface area contributed by atoms with Gasteiger partial charge in [0.15, 0.2) is 0 Å². The van der Waals surface area contributed by atoms with Gasteiger partial charge in [0.1, 0.15) is 0 Å². The quantitative estimate of drug-likeness (QED) is 0.910. The van der Waals surface area contributed by atoms with E-state index in [4.69, 9.17) is 4.74 Å². The van der Waals surface area contributed by atoms with E-state index in [1.807, 2.05) is 24.3 Å². The normalized spacial score (nSPS) is 10.3. The summed E-state index contributed by atoms with van der Waals surface area (Å²) >= 11 is 3.38. The number of halogens is 1. The van der Waals surface area contributed by atoms with E-state index in [2.05, 4.69) is 20.9 Å². The summed E-state index contributed by atoms with van der Waals surface area (Å²) in [5.74, 6) is -0.535. The van der Waals surface area contributed by atoms with Crippen LogP contribution < -0.4 is 4.74 Å². The summed E-state index contributed by atoms with van der Waals surface area (Å²) in [5, 5.41) is 9.18. The molecule has 0 bridgehead atoms. The molecule has 0 amide bonds. The Labute approximate surface area is 125 Å². The third kappa shape index (κ3) is 3.57. The van der Waals surface area contributed by atoms with Crippen molar-refractivity contribution in [3.05, 3.63) is 57.7 Å². The lowest BCUT2D eigenvalue weighted by atomic mass is 10.0. The predicted molar refractivity (Wildman–Crippen MR) is 79.3 cm³/mol. The van der Waals surface area contributed by atoms with Crippen LogP contribution in [0.1, 0.15) is 21.6 Å². The van der Waals surface area contributed by atoms with Gasteiger partial charge in [-0.3, -0.25) is 0 Å². The number of hydrogen-bond donors (Lipinski definition) is 1. The number of methoxy groups -OCH3 is 1. The predicted octanol–water partition coefficient (Wildman–Crippen LogP) is 3.34. The Kier molecular flexibility index (Phi) is 4.74. The number of carbonyl (C=O) groups is 1. The average Bonchev–Trinajstić information content (AvgIpc) is 2.46. The minimum absolute atomic E-state index is 0.225. The first-order valence-corrected chi connectivity index (χ1v) is 6.91. The number of ether oxygens (including phenoxy) is 1. The van der Waals surface area contributed by atoms with Crippen molar-refractivity contribution in [2.45, 2.75) is 12.8 Å². The van der Waals surface area contributed by atoms with Crippen LogP contribution in [0.4, 0.5) is 0 Å². The highest BCUT2D eigenvalue weighted by molar-refractivity contribution is 9.10. The molecule has 1 aromatic carbocycles. The smallest absolute Gasteiger partial charge is 0.337 e. The molecular weight excluding hydrogens is 322 g/mol. The van der Waals surface area contributed by atoms with E-state index in [1.54, 1.807) is 6.07 Å². The third-order valence-corrected chi connectivity index (χ3v) is 3.48. The van der Waals surface area contributed by atoms with E-state index in [0.29, 0.717) is 18.0 Å². The molecule has 2 aromatic rings. The maximum Gasteiger partial charge on any atom is 0.337 e. The summed E-state index contributed by atoms with van der Waals surface area (Å²) in [6.45, 7) is 0. The Morgan fingerprint density at radius 3 is 2.50 bits per heavy atom. The van der Waals surface area contributed by atoms with Gasteiger partial charge in [0.2, 0.25) is 5.88 Å². The molecular formula is C15H14BrNO3. The highest BCUT2D eigenvalue weighted by Gasteiger charge is 2.12. The largest absolute Gasteiger partial charge is 0.481 e. The maximum absolute atomic E-state index is 11.2. The molecule has 0 fully saturated rings. The molecule has 5 heteroatoms. The number of carboxylic acids is 1. The van der Waals surface area contributed by atoms with Crippen molar-refractivity contribution in [2.24, 2.45) is 0 Å². The molecule has 0 saturated heterocycles. The van der Waals surface area contributed by atoms with Gasteiger partial charge in [0.25, 0.3) is 0 Å². The van der Waals surface area contributed by atoms with E-state index in [1.165, 1.54) is 13.2 Å². The molecule has 0 saturated carbocycles. The van der Waals surface area contributed by atoms with Crippen molar-refractivity contribution >= 4 is 21.9 Å². The van der Waals surface area contributed by atoms with Crippen LogP contribution >= 0.6 is 15.9 Å². The third-order valence-electron chi connectivity index (χ3n) is 2.95. The number of aromatic nitrogens is 1. The molecule has 0 unspecified atom stereocenters. The Morgan fingerprint density at radius 1 is 1.20 bits per heavy atom. The molecule has 0 atom stereocenters. The van der Waals surface area contributed by atoms with Crippen LogP contribution in [0.3, 0.4) is 0 Å². The van der Waals surface area contributed by atoms with E-state index >= 15 is 0 Å². The fraction of sp³-hybridized carbons (Fsp3) is 0.200. The van der Waals surface area contributed by atoms with Crippen LogP contribution in [-0.4, -0.2) is 23.2 Å². The second kappa shape index (κ2) is 6.52. The van der Waals surface area contributed by atoms with Gasteiger partial charge in [-0.25, -0.2) is 9.78 Å². The van der Waals surface area contributed by atoms with Crippen molar-refractivity contribution in [1.82, 2.24) is 4.98 Å². The number of hydrogen-bond acceptors (Lipinski definition) is 3. The zero-order valence-electron chi connectivity index (χ0n) is 11.0. The van der Waals surface area contributed by atoms with Crippen LogP contribution in [-0.2, 0) is 12.8 Å². The summed E-state index contributed by atoms with van der Waals surface area (Å²) in [6.07, 6.45) is 1.29. The topological polar surface area (TPSA) is 59.4 Å². The first-order valence-electron chi connectivity index (χ1n) is 6.12. The van der Waals surface area contributed by atoms with Gasteiger partial charge < -0.3 is 9.84 Å². The van der Waals surface area contributed by atoms with E-state index in [0.717, 1.165) is 16.5 Å². The fourth-order valence-electron chi connectivity index (χ4n) is 1.89. The number of aromatic carboxylic acids is 1. The summed E-state index contributed by atoms with van der Waals surface area (Å²) in [6, 6.07) is 11.0. The maximum atomic E-state index is 11.2. The molecule has 4 nitrogen and oxygen atoms in total. The molecule has 20 heavy (non-hydrogen) atoms. The molecule has 2 rings (SSSR count). The Morgan fingerprint density at radius 2 is 1.90 bits per heavy atom. The SMILES string of the molecule is COc1ccc(C(=O)O)c(CCc2ccc(Br)cc2)n1. The Balaban J connectivity index is 2.18. The van der Waals surface area contributed by atoms with Gasteiger partial charge in [0.05, 0.1) is 18.4 Å². The fourth-order valence-corrected chi connectivity index (χ4v) is 2.16. The lowest BCUT2D eigenvalue weighted by Gasteiger charge is -2.07. The summed E-state index contributed by atoms with van der Waals surface area (Å²) in [4.78, 5) is 15.4. The molecule has 0 aliphatic heterocycles. The van der Waals surface area contributed by atoms with Gasteiger partial charge >= 0.3 is 5.97 Å². The van der Waals surface area contributed by atoms with Crippen molar-refractivity contribution < 1.29 is 14.6 Å². The second-order valence-electron chi connectivity index (χ2n) is 4.28. The monoisotopic (exact) mass is 335 g/mol. The molecule has 0 aliphatic carbocycles. The van der Waals surface area contributed by atoms with Crippen LogP contribution in [0.15, 0.2) is 40.9 Å². The minimum atomic E-state index is -0.967. The van der Waals surface area contributed by atoms with Gasteiger partial charge in [-0.2, -0.15) is 0 Å². The lowest BCUT2D eigenvalue weighted by Crippen LogP contribution is -2.07. The van der Waals surface area contributed by atoms with Gasteiger partial charge in [-0.05, 0) is 36.6 Å². The van der Waals surface area contributed by atoms with E-state index in [9.17, 15) is 9.90 Å². The van der Waals surface area contributed by atoms with E-state index < -0.39 is 5.97 Å². The van der Waals surface area contributed by atoms with Crippen LogP contribution in [0.25, 0.3) is 0 Å². The number of rotatable bonds is 5. The van der Waals surface area contributed by atoms with E-state index in [-0.39, 0.29) is 5.56 Å². The van der Waals surface area contributed by atoms with Crippen molar-refractivity contribution in [1.29, 1.82) is 0 Å². The molecule has 0 aliphatic rings. The average molecular weight is 336 g/mol. The second-order valence-corrected chi connectivity index (χ2v) is 5.20. The number of benzene rings is 1. The number of nitrogens with zero attached hydrogens (tertiary/aromatic N) is 1. The molecule has 1 aromatic heterocycles. The number of aryl methyl sites for hydroxylation is 2. The molecule has 1 heterocycles. The Bertz CT molecular complexity index is 611. The molecule has 0 spiro atoms. The minimum Gasteiger partial charge on any atom is -0.481 e. The van der Waals surface area contributed by atoms with Crippen molar-refractivity contribution in [2.75, 3.05) is 7.11 Å². The summed E-state index contributed by atoms with van der Waals surface area (Å²) < 4.78 is 6.07. The first-order chi connectivity index (χ1) is 9.60.